The van der Waals surface area contributed by atoms with Gasteiger partial charge in [-0.1, -0.05) is 6.92 Å². The number of sulfonamides is 1. The monoisotopic (exact) mass is 179 g/mol. The van der Waals surface area contributed by atoms with Crippen LogP contribution in [0.3, 0.4) is 0 Å². The van der Waals surface area contributed by atoms with Gasteiger partial charge in [-0.05, 0) is 6.42 Å². The standard InChI is InChI=1S/C5H13N3O2S/c1-2-5-3-8(6)11(9,10)4-7-5/h5,7H,2-4,6H2,1H3. The number of hydrogen-bond donors (Lipinski definition) is 2. The van der Waals surface area contributed by atoms with Crippen molar-refractivity contribution < 1.29 is 8.42 Å². The summed E-state index contributed by atoms with van der Waals surface area (Å²) in [6.45, 7) is 2.36. The molecule has 1 unspecified atom stereocenters. The first-order valence-electron chi connectivity index (χ1n) is 3.54. The molecule has 11 heavy (non-hydrogen) atoms. The average Bonchev–Trinajstić information content (AvgIpc) is 1.95. The average molecular weight is 179 g/mol. The van der Waals surface area contributed by atoms with E-state index >= 15 is 0 Å². The zero-order valence-corrected chi connectivity index (χ0v) is 7.26. The predicted molar refractivity (Wildman–Crippen MR) is 41.9 cm³/mol. The van der Waals surface area contributed by atoms with Gasteiger partial charge in [0.15, 0.2) is 0 Å². The Morgan fingerprint density at radius 3 is 2.82 bits per heavy atom. The molecule has 0 aromatic carbocycles. The van der Waals surface area contributed by atoms with Gasteiger partial charge < -0.3 is 0 Å². The first-order chi connectivity index (χ1) is 5.06. The fourth-order valence-electron chi connectivity index (χ4n) is 0.975. The SMILES string of the molecule is CCC1CN(N)S(=O)(=O)CN1. The van der Waals surface area contributed by atoms with Crippen LogP contribution in [0.1, 0.15) is 13.3 Å². The summed E-state index contributed by atoms with van der Waals surface area (Å²) in [6.07, 6.45) is 0.892. The second-order valence-electron chi connectivity index (χ2n) is 2.64. The highest BCUT2D eigenvalue weighted by atomic mass is 32.2. The topological polar surface area (TPSA) is 75.4 Å². The summed E-state index contributed by atoms with van der Waals surface area (Å²) in [7, 11) is -3.20. The van der Waals surface area contributed by atoms with Crippen LogP contribution in [0.15, 0.2) is 0 Å². The van der Waals surface area contributed by atoms with Crippen LogP contribution in [0.2, 0.25) is 0 Å². The maximum atomic E-state index is 11.0. The third kappa shape index (κ3) is 1.90. The lowest BCUT2D eigenvalue weighted by Crippen LogP contribution is -2.56. The van der Waals surface area contributed by atoms with Gasteiger partial charge >= 0.3 is 0 Å². The number of rotatable bonds is 1. The molecular formula is C5H13N3O2S. The second-order valence-corrected chi connectivity index (χ2v) is 4.56. The molecule has 0 aromatic heterocycles. The smallest absolute Gasteiger partial charge is 0.239 e. The predicted octanol–water partition coefficient (Wildman–Crippen LogP) is -1.17. The van der Waals surface area contributed by atoms with Crippen LogP contribution in [0.5, 0.6) is 0 Å². The molecule has 1 fully saturated rings. The van der Waals surface area contributed by atoms with Gasteiger partial charge in [0.25, 0.3) is 0 Å². The molecule has 0 amide bonds. The highest BCUT2D eigenvalue weighted by Gasteiger charge is 2.27. The molecule has 0 radical (unpaired) electrons. The zero-order valence-electron chi connectivity index (χ0n) is 6.45. The third-order valence-electron chi connectivity index (χ3n) is 1.80. The van der Waals surface area contributed by atoms with Crippen LogP contribution in [0.4, 0.5) is 0 Å². The van der Waals surface area contributed by atoms with Gasteiger partial charge in [0.05, 0.1) is 0 Å². The molecule has 5 nitrogen and oxygen atoms in total. The molecule has 0 saturated carbocycles. The summed E-state index contributed by atoms with van der Waals surface area (Å²) in [4.78, 5) is 0. The summed E-state index contributed by atoms with van der Waals surface area (Å²) in [5.74, 6) is 5.24. The van der Waals surface area contributed by atoms with Crippen LogP contribution in [-0.4, -0.2) is 31.3 Å². The highest BCUT2D eigenvalue weighted by Crippen LogP contribution is 2.04. The summed E-state index contributed by atoms with van der Waals surface area (Å²) in [5, 5.41) is 2.88. The first-order valence-corrected chi connectivity index (χ1v) is 5.15. The summed E-state index contributed by atoms with van der Waals surface area (Å²) >= 11 is 0. The Hall–Kier alpha value is -0.170. The van der Waals surface area contributed by atoms with E-state index in [0.29, 0.717) is 6.54 Å². The van der Waals surface area contributed by atoms with E-state index in [1.807, 2.05) is 6.92 Å². The van der Waals surface area contributed by atoms with Crippen molar-refractivity contribution in [3.8, 4) is 0 Å². The Kier molecular flexibility index (Phi) is 2.48. The largest absolute Gasteiger partial charge is 0.298 e. The van der Waals surface area contributed by atoms with Crippen LogP contribution in [0.25, 0.3) is 0 Å². The van der Waals surface area contributed by atoms with Gasteiger partial charge in [0.2, 0.25) is 10.0 Å². The normalized spacial score (nSPS) is 32.0. The summed E-state index contributed by atoms with van der Waals surface area (Å²) in [5.41, 5.74) is 0. The van der Waals surface area contributed by atoms with E-state index < -0.39 is 10.0 Å². The van der Waals surface area contributed by atoms with Crippen LogP contribution in [0, 0.1) is 0 Å². The Morgan fingerprint density at radius 1 is 1.73 bits per heavy atom. The van der Waals surface area contributed by atoms with E-state index in [0.717, 1.165) is 10.8 Å². The minimum atomic E-state index is -3.20. The van der Waals surface area contributed by atoms with E-state index in [9.17, 15) is 8.42 Å². The molecule has 1 aliphatic rings. The van der Waals surface area contributed by atoms with Crippen LogP contribution >= 0.6 is 0 Å². The minimum Gasteiger partial charge on any atom is -0.298 e. The second kappa shape index (κ2) is 3.06. The van der Waals surface area contributed by atoms with Crippen LogP contribution < -0.4 is 11.2 Å². The maximum absolute atomic E-state index is 11.0. The quantitative estimate of drug-likeness (QED) is 0.497. The van der Waals surface area contributed by atoms with Gasteiger partial charge in [0.1, 0.15) is 5.88 Å². The minimum absolute atomic E-state index is 0.0397. The van der Waals surface area contributed by atoms with Crippen molar-refractivity contribution in [1.82, 2.24) is 9.73 Å². The van der Waals surface area contributed by atoms with Crippen molar-refractivity contribution in [2.24, 2.45) is 5.84 Å². The number of nitrogens with one attached hydrogen (secondary N) is 1. The maximum Gasteiger partial charge on any atom is 0.239 e. The van der Waals surface area contributed by atoms with E-state index in [-0.39, 0.29) is 11.9 Å². The fraction of sp³-hybridized carbons (Fsp3) is 1.00. The lowest BCUT2D eigenvalue weighted by molar-refractivity contribution is 0.333. The van der Waals surface area contributed by atoms with Crippen molar-refractivity contribution in [3.05, 3.63) is 0 Å². The molecule has 1 aliphatic heterocycles. The van der Waals surface area contributed by atoms with Gasteiger partial charge in [-0.25, -0.2) is 8.42 Å². The summed E-state index contributed by atoms with van der Waals surface area (Å²) in [6, 6.07) is 0.198. The molecule has 6 heteroatoms. The highest BCUT2D eigenvalue weighted by molar-refractivity contribution is 7.89. The molecule has 0 bridgehead atoms. The van der Waals surface area contributed by atoms with Crippen molar-refractivity contribution in [2.45, 2.75) is 19.4 Å². The number of hydrogen-bond acceptors (Lipinski definition) is 4. The van der Waals surface area contributed by atoms with Crippen molar-refractivity contribution >= 4 is 10.0 Å². The lowest BCUT2D eigenvalue weighted by atomic mass is 10.2. The molecule has 3 N–H and O–H groups in total. The van der Waals surface area contributed by atoms with Crippen molar-refractivity contribution in [2.75, 3.05) is 12.4 Å². The van der Waals surface area contributed by atoms with E-state index in [2.05, 4.69) is 5.32 Å². The third-order valence-corrected chi connectivity index (χ3v) is 3.20. The Balaban J connectivity index is 2.62. The fourth-order valence-corrected chi connectivity index (χ4v) is 1.99. The van der Waals surface area contributed by atoms with Gasteiger partial charge in [-0.15, -0.1) is 4.41 Å². The van der Waals surface area contributed by atoms with E-state index in [1.54, 1.807) is 0 Å². The van der Waals surface area contributed by atoms with E-state index in [4.69, 9.17) is 5.84 Å². The zero-order chi connectivity index (χ0) is 8.48. The molecule has 0 aliphatic carbocycles. The number of hydrazine groups is 1. The number of nitrogens with zero attached hydrogens (tertiary/aromatic N) is 1. The molecular weight excluding hydrogens is 166 g/mol. The van der Waals surface area contributed by atoms with Crippen LogP contribution in [-0.2, 0) is 10.0 Å². The van der Waals surface area contributed by atoms with Crippen molar-refractivity contribution in [3.63, 3.8) is 0 Å². The first kappa shape index (κ1) is 8.92. The molecule has 1 saturated heterocycles. The Bertz CT molecular complexity index is 226. The molecule has 0 aromatic rings. The van der Waals surface area contributed by atoms with Gasteiger partial charge in [0, 0.05) is 12.6 Å². The molecule has 1 rings (SSSR count). The van der Waals surface area contributed by atoms with Gasteiger partial charge in [-0.2, -0.15) is 0 Å². The molecule has 66 valence electrons. The molecule has 1 heterocycles. The lowest BCUT2D eigenvalue weighted by Gasteiger charge is -2.29. The molecule has 0 spiro atoms. The number of nitrogens with two attached hydrogens (primary N) is 1. The van der Waals surface area contributed by atoms with Gasteiger partial charge in [-0.3, -0.25) is 11.2 Å². The summed E-state index contributed by atoms with van der Waals surface area (Å²) < 4.78 is 22.9. The van der Waals surface area contributed by atoms with E-state index in [1.165, 1.54) is 0 Å². The molecule has 1 atom stereocenters. The Labute approximate surface area is 66.6 Å². The Morgan fingerprint density at radius 2 is 2.36 bits per heavy atom. The van der Waals surface area contributed by atoms with Crippen molar-refractivity contribution in [1.29, 1.82) is 0 Å².